The van der Waals surface area contributed by atoms with Gasteiger partial charge in [-0.25, -0.2) is 13.2 Å². The topological polar surface area (TPSA) is 101 Å². The first kappa shape index (κ1) is 16.2. The summed E-state index contributed by atoms with van der Waals surface area (Å²) in [6.07, 6.45) is 2.98. The van der Waals surface area contributed by atoms with Crippen LogP contribution in [0.3, 0.4) is 0 Å². The second kappa shape index (κ2) is 7.54. The number of carbonyl (C=O) groups is 2. The van der Waals surface area contributed by atoms with E-state index < -0.39 is 21.8 Å². The van der Waals surface area contributed by atoms with E-state index in [0.29, 0.717) is 5.75 Å². The van der Waals surface area contributed by atoms with Crippen LogP contribution in [0.15, 0.2) is 0 Å². The molecule has 1 amide bonds. The summed E-state index contributed by atoms with van der Waals surface area (Å²) in [5.74, 6) is -1.25. The number of rotatable bonds is 8. The Balaban J connectivity index is 4.25. The van der Waals surface area contributed by atoms with Crippen molar-refractivity contribution in [1.82, 2.24) is 5.32 Å². The maximum Gasteiger partial charge on any atom is 0.326 e. The van der Waals surface area contributed by atoms with E-state index in [-0.39, 0.29) is 24.5 Å². The summed E-state index contributed by atoms with van der Waals surface area (Å²) < 4.78 is 21.8. The van der Waals surface area contributed by atoms with Crippen LogP contribution in [-0.2, 0) is 19.4 Å². The molecule has 0 rings (SSSR count). The van der Waals surface area contributed by atoms with Gasteiger partial charge < -0.3 is 10.4 Å². The van der Waals surface area contributed by atoms with Crippen molar-refractivity contribution >= 4 is 33.5 Å². The number of hydrogen-bond acceptors (Lipinski definition) is 5. The number of carboxylic acids is 1. The number of thioether (sulfide) groups is 1. The van der Waals surface area contributed by atoms with Crippen molar-refractivity contribution in [2.45, 2.75) is 18.9 Å². The number of carbonyl (C=O) groups excluding carboxylic acids is 1. The minimum Gasteiger partial charge on any atom is -0.480 e. The van der Waals surface area contributed by atoms with E-state index in [1.807, 2.05) is 6.26 Å². The Morgan fingerprint density at radius 3 is 2.41 bits per heavy atom. The molecule has 17 heavy (non-hydrogen) atoms. The zero-order chi connectivity index (χ0) is 13.5. The molecule has 0 aliphatic heterocycles. The van der Waals surface area contributed by atoms with Gasteiger partial charge in [0.1, 0.15) is 15.9 Å². The average Bonchev–Trinajstić information content (AvgIpc) is 2.19. The Morgan fingerprint density at radius 1 is 1.41 bits per heavy atom. The largest absolute Gasteiger partial charge is 0.480 e. The molecule has 0 aromatic rings. The first-order valence-electron chi connectivity index (χ1n) is 4.95. The molecule has 6 nitrogen and oxygen atoms in total. The predicted octanol–water partition coefficient (Wildman–Crippen LogP) is -0.256. The molecule has 0 aliphatic carbocycles. The van der Waals surface area contributed by atoms with E-state index in [1.165, 1.54) is 11.8 Å². The minimum absolute atomic E-state index is 0.112. The number of amides is 1. The third kappa shape index (κ3) is 8.99. The molecule has 8 heteroatoms. The van der Waals surface area contributed by atoms with E-state index in [0.717, 1.165) is 6.26 Å². The maximum absolute atomic E-state index is 11.3. The van der Waals surface area contributed by atoms with Crippen molar-refractivity contribution in [2.24, 2.45) is 0 Å². The maximum atomic E-state index is 11.3. The highest BCUT2D eigenvalue weighted by Crippen LogP contribution is 2.00. The number of hydrogen-bond donors (Lipinski definition) is 2. The zero-order valence-electron chi connectivity index (χ0n) is 9.80. The molecule has 0 aromatic heterocycles. The smallest absolute Gasteiger partial charge is 0.326 e. The molecule has 100 valence electrons. The van der Waals surface area contributed by atoms with Gasteiger partial charge in [-0.3, -0.25) is 4.79 Å². The van der Waals surface area contributed by atoms with Crippen LogP contribution in [0.1, 0.15) is 12.8 Å². The van der Waals surface area contributed by atoms with Crippen molar-refractivity contribution in [3.8, 4) is 0 Å². The van der Waals surface area contributed by atoms with Gasteiger partial charge in [0, 0.05) is 18.4 Å². The van der Waals surface area contributed by atoms with Gasteiger partial charge in [0.2, 0.25) is 5.91 Å². The second-order valence-electron chi connectivity index (χ2n) is 3.62. The van der Waals surface area contributed by atoms with E-state index in [1.54, 1.807) is 0 Å². The molecule has 0 fully saturated rings. The van der Waals surface area contributed by atoms with E-state index >= 15 is 0 Å². The van der Waals surface area contributed by atoms with Gasteiger partial charge in [0.15, 0.2) is 0 Å². The molecule has 1 atom stereocenters. The number of aliphatic carboxylic acids is 1. The van der Waals surface area contributed by atoms with Crippen LogP contribution < -0.4 is 5.32 Å². The van der Waals surface area contributed by atoms with E-state index in [9.17, 15) is 18.0 Å². The van der Waals surface area contributed by atoms with Gasteiger partial charge in [-0.2, -0.15) is 11.8 Å². The third-order valence-corrected chi connectivity index (χ3v) is 3.53. The van der Waals surface area contributed by atoms with Crippen LogP contribution >= 0.6 is 11.8 Å². The van der Waals surface area contributed by atoms with Gasteiger partial charge in [0.25, 0.3) is 0 Å². The summed E-state index contributed by atoms with van der Waals surface area (Å²) in [5, 5.41) is 11.1. The molecule has 1 unspecified atom stereocenters. The summed E-state index contributed by atoms with van der Waals surface area (Å²) in [4.78, 5) is 22.1. The lowest BCUT2D eigenvalue weighted by molar-refractivity contribution is -0.141. The highest BCUT2D eigenvalue weighted by atomic mass is 32.2. The average molecular weight is 283 g/mol. The molecule has 0 spiro atoms. The summed E-state index contributed by atoms with van der Waals surface area (Å²) in [5.41, 5.74) is 0. The normalized spacial score (nSPS) is 13.1. The molecular formula is C9H17NO5S2. The Labute approximate surface area is 105 Å². The van der Waals surface area contributed by atoms with Gasteiger partial charge in [-0.1, -0.05) is 0 Å². The lowest BCUT2D eigenvalue weighted by Crippen LogP contribution is -2.42. The van der Waals surface area contributed by atoms with E-state index in [2.05, 4.69) is 5.32 Å². The quantitative estimate of drug-likeness (QED) is 0.637. The monoisotopic (exact) mass is 283 g/mol. The van der Waals surface area contributed by atoms with Gasteiger partial charge >= 0.3 is 5.97 Å². The SMILES string of the molecule is CSCCC(=O)NC(CCS(C)(=O)=O)C(=O)O. The molecule has 0 radical (unpaired) electrons. The first-order chi connectivity index (χ1) is 7.76. The van der Waals surface area contributed by atoms with Crippen molar-refractivity contribution in [2.75, 3.05) is 24.0 Å². The van der Waals surface area contributed by atoms with Crippen molar-refractivity contribution in [3.63, 3.8) is 0 Å². The summed E-state index contributed by atoms with van der Waals surface area (Å²) >= 11 is 1.48. The lowest BCUT2D eigenvalue weighted by Gasteiger charge is -2.13. The summed E-state index contributed by atoms with van der Waals surface area (Å²) in [6, 6.07) is -1.14. The highest BCUT2D eigenvalue weighted by molar-refractivity contribution is 7.98. The Hall–Kier alpha value is -0.760. The lowest BCUT2D eigenvalue weighted by atomic mass is 10.2. The summed E-state index contributed by atoms with van der Waals surface area (Å²) in [6.45, 7) is 0. The molecule has 0 heterocycles. The van der Waals surface area contributed by atoms with Crippen LogP contribution in [0.4, 0.5) is 0 Å². The van der Waals surface area contributed by atoms with Crippen LogP contribution in [0, 0.1) is 0 Å². The van der Waals surface area contributed by atoms with Gasteiger partial charge in [0.05, 0.1) is 5.75 Å². The third-order valence-electron chi connectivity index (χ3n) is 1.94. The summed E-state index contributed by atoms with van der Waals surface area (Å²) in [7, 11) is -3.22. The molecule has 2 N–H and O–H groups in total. The molecular weight excluding hydrogens is 266 g/mol. The predicted molar refractivity (Wildman–Crippen MR) is 66.9 cm³/mol. The Kier molecular flexibility index (Phi) is 7.21. The first-order valence-corrected chi connectivity index (χ1v) is 8.40. The molecule has 0 aromatic carbocycles. The Morgan fingerprint density at radius 2 is 2.00 bits per heavy atom. The molecule has 0 saturated carbocycles. The number of sulfone groups is 1. The van der Waals surface area contributed by atoms with Crippen molar-refractivity contribution in [1.29, 1.82) is 0 Å². The van der Waals surface area contributed by atoms with Crippen LogP contribution in [-0.4, -0.2) is 55.5 Å². The Bertz CT molecular complexity index is 366. The van der Waals surface area contributed by atoms with Crippen LogP contribution in [0.25, 0.3) is 0 Å². The van der Waals surface area contributed by atoms with Gasteiger partial charge in [-0.05, 0) is 12.7 Å². The highest BCUT2D eigenvalue weighted by Gasteiger charge is 2.21. The molecule has 0 bridgehead atoms. The standard InChI is InChI=1S/C9H17NO5S2/c1-16-5-3-8(11)10-7(9(12)13)4-6-17(2,14)15/h7H,3-6H2,1-2H3,(H,10,11)(H,12,13). The van der Waals surface area contributed by atoms with Crippen molar-refractivity contribution in [3.05, 3.63) is 0 Å². The second-order valence-corrected chi connectivity index (χ2v) is 6.87. The molecule has 0 saturated heterocycles. The fraction of sp³-hybridized carbons (Fsp3) is 0.778. The fourth-order valence-electron chi connectivity index (χ4n) is 1.05. The van der Waals surface area contributed by atoms with Gasteiger partial charge in [-0.15, -0.1) is 0 Å². The molecule has 0 aliphatic rings. The van der Waals surface area contributed by atoms with Crippen LogP contribution in [0.2, 0.25) is 0 Å². The zero-order valence-corrected chi connectivity index (χ0v) is 11.4. The van der Waals surface area contributed by atoms with E-state index in [4.69, 9.17) is 5.11 Å². The van der Waals surface area contributed by atoms with Crippen molar-refractivity contribution < 1.29 is 23.1 Å². The number of carboxylic acid groups (broad SMARTS) is 1. The van der Waals surface area contributed by atoms with Crippen LogP contribution in [0.5, 0.6) is 0 Å². The fourth-order valence-corrected chi connectivity index (χ4v) is 2.10. The number of nitrogens with one attached hydrogen (secondary N) is 1. The minimum atomic E-state index is -3.22.